The number of carbonyl (C=O) groups is 1. The lowest BCUT2D eigenvalue weighted by molar-refractivity contribution is 0.103. The number of nitrogens with one attached hydrogen (secondary N) is 1. The quantitative estimate of drug-likeness (QED) is 0.748. The van der Waals surface area contributed by atoms with Crippen molar-refractivity contribution >= 4 is 21.3 Å². The Balaban J connectivity index is 2.24. The Labute approximate surface area is 169 Å². The molecule has 0 spiro atoms. The van der Waals surface area contributed by atoms with Crippen molar-refractivity contribution < 1.29 is 18.0 Å². The van der Waals surface area contributed by atoms with Gasteiger partial charge in [0.15, 0.2) is 15.6 Å². The van der Waals surface area contributed by atoms with Crippen LogP contribution in [0.1, 0.15) is 61.2 Å². The predicted octanol–water partition coefficient (Wildman–Crippen LogP) is 2.25. The number of aromatic amines is 1. The first-order chi connectivity index (χ1) is 13.5. The number of aromatic nitrogens is 2. The van der Waals surface area contributed by atoms with E-state index in [0.29, 0.717) is 41.9 Å². The van der Waals surface area contributed by atoms with E-state index in [0.717, 1.165) is 6.26 Å². The molecule has 0 saturated carbocycles. The lowest BCUT2D eigenvalue weighted by Gasteiger charge is -2.19. The minimum atomic E-state index is -3.55. The lowest BCUT2D eigenvalue weighted by Crippen LogP contribution is -2.34. The maximum Gasteiger partial charge on any atom is 0.278 e. The van der Waals surface area contributed by atoms with E-state index in [-0.39, 0.29) is 10.5 Å². The van der Waals surface area contributed by atoms with E-state index in [9.17, 15) is 18.0 Å². The third-order valence-corrected chi connectivity index (χ3v) is 5.99. The van der Waals surface area contributed by atoms with E-state index in [4.69, 9.17) is 4.84 Å². The highest BCUT2D eigenvalue weighted by atomic mass is 32.2. The number of carbonyl (C=O) groups excluding carboxylic acids is 1. The maximum absolute atomic E-state index is 13.3. The number of oxime groups is 1. The van der Waals surface area contributed by atoms with Gasteiger partial charge in [-0.05, 0) is 44.9 Å². The Morgan fingerprint density at radius 2 is 1.97 bits per heavy atom. The van der Waals surface area contributed by atoms with E-state index >= 15 is 0 Å². The van der Waals surface area contributed by atoms with Crippen molar-refractivity contribution in [2.75, 3.05) is 12.9 Å². The van der Waals surface area contributed by atoms with Gasteiger partial charge in [-0.25, -0.2) is 13.1 Å². The summed E-state index contributed by atoms with van der Waals surface area (Å²) in [6.07, 6.45) is 3.37. The van der Waals surface area contributed by atoms with Crippen LogP contribution in [0.4, 0.5) is 0 Å². The van der Waals surface area contributed by atoms with Crippen LogP contribution in [0, 0.1) is 0 Å². The molecule has 1 aliphatic rings. The molecule has 1 aliphatic heterocycles. The first kappa shape index (κ1) is 21.0. The standard InChI is InChI=1S/C20H25N3O5S/c1-6-12-13(18(24)14-11-21-23(19(14)25)20(2,3)4)7-8-16(29(5,26)27)17(12)15-9-10-28-22-15/h7-8,11,21H,6,9-10H2,1-5H3. The molecule has 0 unspecified atom stereocenters. The molecule has 0 radical (unpaired) electrons. The van der Waals surface area contributed by atoms with Crippen LogP contribution >= 0.6 is 0 Å². The van der Waals surface area contributed by atoms with Gasteiger partial charge in [0, 0.05) is 30.0 Å². The average molecular weight is 420 g/mol. The number of ketones is 1. The fraction of sp³-hybridized carbons (Fsp3) is 0.450. The molecule has 1 aromatic carbocycles. The zero-order chi connectivity index (χ0) is 21.6. The van der Waals surface area contributed by atoms with Gasteiger partial charge in [-0.2, -0.15) is 0 Å². The van der Waals surface area contributed by atoms with E-state index in [2.05, 4.69) is 10.3 Å². The predicted molar refractivity (Wildman–Crippen MR) is 110 cm³/mol. The first-order valence-corrected chi connectivity index (χ1v) is 11.3. The number of hydrogen-bond acceptors (Lipinski definition) is 6. The molecular weight excluding hydrogens is 394 g/mol. The van der Waals surface area contributed by atoms with Crippen molar-refractivity contribution in [2.45, 2.75) is 51.0 Å². The van der Waals surface area contributed by atoms with Crippen LogP contribution in [-0.2, 0) is 26.6 Å². The molecule has 0 saturated heterocycles. The highest BCUT2D eigenvalue weighted by molar-refractivity contribution is 7.90. The summed E-state index contributed by atoms with van der Waals surface area (Å²) >= 11 is 0. The van der Waals surface area contributed by atoms with Crippen molar-refractivity contribution in [3.63, 3.8) is 0 Å². The fourth-order valence-corrected chi connectivity index (χ4v) is 4.42. The minimum absolute atomic E-state index is 0.0114. The molecule has 0 atom stereocenters. The summed E-state index contributed by atoms with van der Waals surface area (Å²) in [6, 6.07) is 2.89. The summed E-state index contributed by atoms with van der Waals surface area (Å²) in [5, 5.41) is 6.84. The Bertz CT molecular complexity index is 1160. The zero-order valence-corrected chi connectivity index (χ0v) is 18.0. The van der Waals surface area contributed by atoms with Crippen LogP contribution in [0.5, 0.6) is 0 Å². The Kier molecular flexibility index (Phi) is 5.29. The fourth-order valence-electron chi connectivity index (χ4n) is 3.49. The third kappa shape index (κ3) is 3.78. The number of nitrogens with zero attached hydrogens (tertiary/aromatic N) is 2. The molecule has 9 heteroatoms. The second-order valence-electron chi connectivity index (χ2n) is 8.04. The van der Waals surface area contributed by atoms with E-state index in [1.807, 2.05) is 27.7 Å². The summed E-state index contributed by atoms with van der Waals surface area (Å²) in [5.74, 6) is -0.452. The van der Waals surface area contributed by atoms with Crippen molar-refractivity contribution in [3.8, 4) is 0 Å². The molecule has 0 aliphatic carbocycles. The van der Waals surface area contributed by atoms with Gasteiger partial charge in [0.05, 0.1) is 16.1 Å². The van der Waals surface area contributed by atoms with E-state index in [1.54, 1.807) is 0 Å². The van der Waals surface area contributed by atoms with E-state index in [1.165, 1.54) is 23.0 Å². The number of sulfone groups is 1. The number of rotatable bonds is 5. The molecule has 1 N–H and O–H groups in total. The molecule has 0 fully saturated rings. The molecule has 0 bridgehead atoms. The number of hydrogen-bond donors (Lipinski definition) is 1. The van der Waals surface area contributed by atoms with Gasteiger partial charge in [-0.15, -0.1) is 0 Å². The number of H-pyrrole nitrogens is 1. The smallest absolute Gasteiger partial charge is 0.278 e. The van der Waals surface area contributed by atoms with Crippen LogP contribution in [0.15, 0.2) is 33.2 Å². The van der Waals surface area contributed by atoms with Crippen LogP contribution in [0.3, 0.4) is 0 Å². The van der Waals surface area contributed by atoms with Crippen LogP contribution in [0.25, 0.3) is 0 Å². The van der Waals surface area contributed by atoms with Crippen molar-refractivity contribution in [1.82, 2.24) is 9.78 Å². The van der Waals surface area contributed by atoms with Gasteiger partial charge >= 0.3 is 0 Å². The van der Waals surface area contributed by atoms with Crippen molar-refractivity contribution in [2.24, 2.45) is 5.16 Å². The molecule has 29 heavy (non-hydrogen) atoms. The number of benzene rings is 1. The van der Waals surface area contributed by atoms with Crippen LogP contribution in [-0.4, -0.2) is 42.6 Å². The third-order valence-electron chi connectivity index (χ3n) is 4.85. The van der Waals surface area contributed by atoms with Crippen LogP contribution < -0.4 is 5.56 Å². The van der Waals surface area contributed by atoms with Gasteiger partial charge in [-0.1, -0.05) is 12.1 Å². The summed E-state index contributed by atoms with van der Waals surface area (Å²) in [7, 11) is -3.55. The highest BCUT2D eigenvalue weighted by Crippen LogP contribution is 2.29. The van der Waals surface area contributed by atoms with Crippen molar-refractivity contribution in [1.29, 1.82) is 0 Å². The maximum atomic E-state index is 13.3. The zero-order valence-electron chi connectivity index (χ0n) is 17.2. The largest absolute Gasteiger partial charge is 0.395 e. The van der Waals surface area contributed by atoms with Gasteiger partial charge in [0.2, 0.25) is 0 Å². The summed E-state index contributed by atoms with van der Waals surface area (Å²) < 4.78 is 26.1. The molecule has 2 heterocycles. The second kappa shape index (κ2) is 7.29. The normalized spacial score (nSPS) is 14.6. The Morgan fingerprint density at radius 3 is 2.45 bits per heavy atom. The molecule has 8 nitrogen and oxygen atoms in total. The summed E-state index contributed by atoms with van der Waals surface area (Å²) in [5.41, 5.74) is 0.830. The molecule has 1 aromatic heterocycles. The minimum Gasteiger partial charge on any atom is -0.395 e. The molecule has 156 valence electrons. The first-order valence-electron chi connectivity index (χ1n) is 9.37. The SMILES string of the molecule is CCc1c(C(=O)c2c[nH]n(C(C)(C)C)c2=O)ccc(S(C)(=O)=O)c1C1=NOCC1. The molecule has 3 rings (SSSR count). The molecule has 2 aromatic rings. The van der Waals surface area contributed by atoms with E-state index < -0.39 is 26.7 Å². The lowest BCUT2D eigenvalue weighted by atomic mass is 9.91. The molecular formula is C20H25N3O5S. The second-order valence-corrected chi connectivity index (χ2v) is 10.0. The highest BCUT2D eigenvalue weighted by Gasteiger charge is 2.29. The van der Waals surface area contributed by atoms with Crippen molar-refractivity contribution in [3.05, 3.63) is 50.9 Å². The Hall–Kier alpha value is -2.68. The monoisotopic (exact) mass is 419 g/mol. The average Bonchev–Trinajstić information content (AvgIpc) is 3.28. The summed E-state index contributed by atoms with van der Waals surface area (Å²) in [6.45, 7) is 7.76. The van der Waals surface area contributed by atoms with Crippen LogP contribution in [0.2, 0.25) is 0 Å². The Morgan fingerprint density at radius 1 is 1.28 bits per heavy atom. The van der Waals surface area contributed by atoms with Gasteiger partial charge in [0.1, 0.15) is 12.2 Å². The topological polar surface area (TPSA) is 111 Å². The summed E-state index contributed by atoms with van der Waals surface area (Å²) in [4.78, 5) is 31.2. The van der Waals surface area contributed by atoms with Gasteiger partial charge in [0.25, 0.3) is 5.56 Å². The van der Waals surface area contributed by atoms with Gasteiger partial charge in [-0.3, -0.25) is 9.59 Å². The van der Waals surface area contributed by atoms with Gasteiger partial charge < -0.3 is 9.94 Å². The molecule has 0 amide bonds.